The fourth-order valence-electron chi connectivity index (χ4n) is 2.25. The van der Waals surface area contributed by atoms with Crippen LogP contribution in [0.15, 0.2) is 54.9 Å². The average Bonchev–Trinajstić information content (AvgIpc) is 2.64. The molecule has 0 aliphatic rings. The molecule has 0 radical (unpaired) electrons. The lowest BCUT2D eigenvalue weighted by molar-refractivity contribution is 0.0946. The normalized spacial score (nSPS) is 10.4. The first-order valence-corrected chi connectivity index (χ1v) is 8.27. The van der Waals surface area contributed by atoms with E-state index < -0.39 is 5.82 Å². The molecule has 3 aromatic rings. The number of aryl methyl sites for hydroxylation is 1. The van der Waals surface area contributed by atoms with E-state index in [1.54, 1.807) is 0 Å². The average molecular weight is 371 g/mol. The van der Waals surface area contributed by atoms with Crippen LogP contribution in [0.1, 0.15) is 21.6 Å². The molecule has 2 aromatic carbocycles. The molecule has 0 spiro atoms. The summed E-state index contributed by atoms with van der Waals surface area (Å²) >= 11 is 5.76. The van der Waals surface area contributed by atoms with Crippen LogP contribution in [0.2, 0.25) is 5.02 Å². The summed E-state index contributed by atoms with van der Waals surface area (Å²) in [7, 11) is 0. The minimum absolute atomic E-state index is 0.000112. The van der Waals surface area contributed by atoms with E-state index >= 15 is 0 Å². The molecule has 0 bridgehead atoms. The van der Waals surface area contributed by atoms with Gasteiger partial charge in [0.05, 0.1) is 5.02 Å². The van der Waals surface area contributed by atoms with E-state index in [2.05, 4.69) is 20.6 Å². The first-order chi connectivity index (χ1) is 12.5. The number of carbonyl (C=O) groups is 1. The predicted octanol–water partition coefficient (Wildman–Crippen LogP) is 4.25. The lowest BCUT2D eigenvalue weighted by Crippen LogP contribution is -2.24. The number of halogens is 2. The number of carbonyl (C=O) groups excluding carboxylic acids is 1. The zero-order valence-corrected chi connectivity index (χ0v) is 14.7. The van der Waals surface area contributed by atoms with Gasteiger partial charge in [0.2, 0.25) is 0 Å². The molecule has 0 saturated carbocycles. The van der Waals surface area contributed by atoms with E-state index in [-0.39, 0.29) is 16.6 Å². The van der Waals surface area contributed by atoms with Crippen molar-refractivity contribution in [1.82, 2.24) is 15.3 Å². The van der Waals surface area contributed by atoms with Crippen molar-refractivity contribution in [3.63, 3.8) is 0 Å². The second-order valence-corrected chi connectivity index (χ2v) is 6.12. The van der Waals surface area contributed by atoms with Crippen molar-refractivity contribution in [2.75, 3.05) is 5.32 Å². The number of hydrogen-bond acceptors (Lipinski definition) is 4. The summed E-state index contributed by atoms with van der Waals surface area (Å²) in [5, 5.41) is 5.78. The standard InChI is InChI=1S/C19H16ClFN4O/c1-12-2-4-13(5-3-12)10-22-19(26)17-9-18(24-11-23-17)25-14-6-7-16(21)15(20)8-14/h2-9,11H,10H2,1H3,(H,22,26)(H,23,24,25). The molecular weight excluding hydrogens is 355 g/mol. The van der Waals surface area contributed by atoms with Gasteiger partial charge in [-0.3, -0.25) is 4.79 Å². The lowest BCUT2D eigenvalue weighted by Gasteiger charge is -2.08. The Morgan fingerprint density at radius 1 is 1.12 bits per heavy atom. The van der Waals surface area contributed by atoms with Crippen LogP contribution in [-0.2, 0) is 6.54 Å². The van der Waals surface area contributed by atoms with Crippen LogP contribution in [0.3, 0.4) is 0 Å². The molecule has 1 amide bonds. The van der Waals surface area contributed by atoms with Crippen molar-refractivity contribution in [3.8, 4) is 0 Å². The van der Waals surface area contributed by atoms with Gasteiger partial charge in [-0.2, -0.15) is 0 Å². The minimum Gasteiger partial charge on any atom is -0.347 e. The Hall–Kier alpha value is -2.99. The maximum Gasteiger partial charge on any atom is 0.270 e. The quantitative estimate of drug-likeness (QED) is 0.704. The zero-order valence-electron chi connectivity index (χ0n) is 14.0. The van der Waals surface area contributed by atoms with Crippen LogP contribution < -0.4 is 10.6 Å². The topological polar surface area (TPSA) is 66.9 Å². The van der Waals surface area contributed by atoms with E-state index in [4.69, 9.17) is 11.6 Å². The van der Waals surface area contributed by atoms with Crippen molar-refractivity contribution in [2.45, 2.75) is 13.5 Å². The first kappa shape index (κ1) is 17.8. The van der Waals surface area contributed by atoms with Crippen LogP contribution in [-0.4, -0.2) is 15.9 Å². The summed E-state index contributed by atoms with van der Waals surface area (Å²) in [5.41, 5.74) is 2.94. The summed E-state index contributed by atoms with van der Waals surface area (Å²) in [6, 6.07) is 13.6. The minimum atomic E-state index is -0.504. The highest BCUT2D eigenvalue weighted by Gasteiger charge is 2.09. The highest BCUT2D eigenvalue weighted by atomic mass is 35.5. The number of amides is 1. The number of anilines is 2. The van der Waals surface area contributed by atoms with Gasteiger partial charge in [-0.1, -0.05) is 41.4 Å². The van der Waals surface area contributed by atoms with Crippen molar-refractivity contribution in [2.24, 2.45) is 0 Å². The summed E-state index contributed by atoms with van der Waals surface area (Å²) < 4.78 is 13.2. The highest BCUT2D eigenvalue weighted by Crippen LogP contribution is 2.22. The van der Waals surface area contributed by atoms with E-state index in [9.17, 15) is 9.18 Å². The monoisotopic (exact) mass is 370 g/mol. The fourth-order valence-corrected chi connectivity index (χ4v) is 2.43. The molecule has 0 atom stereocenters. The van der Waals surface area contributed by atoms with Crippen molar-refractivity contribution >= 4 is 29.0 Å². The molecule has 2 N–H and O–H groups in total. The van der Waals surface area contributed by atoms with E-state index in [1.807, 2.05) is 31.2 Å². The van der Waals surface area contributed by atoms with Gasteiger partial charge < -0.3 is 10.6 Å². The lowest BCUT2D eigenvalue weighted by atomic mass is 10.1. The molecule has 1 aromatic heterocycles. The van der Waals surface area contributed by atoms with E-state index in [0.717, 1.165) is 11.1 Å². The summed E-state index contributed by atoms with van der Waals surface area (Å²) in [4.78, 5) is 20.3. The SMILES string of the molecule is Cc1ccc(CNC(=O)c2cc(Nc3ccc(F)c(Cl)c3)ncn2)cc1. The number of rotatable bonds is 5. The Bertz CT molecular complexity index is 931. The number of nitrogens with one attached hydrogen (secondary N) is 2. The third-order valence-electron chi connectivity index (χ3n) is 3.67. The third kappa shape index (κ3) is 4.55. The number of benzene rings is 2. The van der Waals surface area contributed by atoms with Gasteiger partial charge in [0.25, 0.3) is 5.91 Å². The van der Waals surface area contributed by atoms with Crippen molar-refractivity contribution in [1.29, 1.82) is 0 Å². The van der Waals surface area contributed by atoms with Crippen molar-refractivity contribution in [3.05, 3.63) is 82.5 Å². The molecule has 0 aliphatic carbocycles. The van der Waals surface area contributed by atoms with Gasteiger partial charge in [0, 0.05) is 18.3 Å². The van der Waals surface area contributed by atoms with Gasteiger partial charge in [-0.05, 0) is 30.7 Å². The first-order valence-electron chi connectivity index (χ1n) is 7.89. The Morgan fingerprint density at radius 2 is 1.88 bits per heavy atom. The molecule has 0 fully saturated rings. The maximum absolute atomic E-state index is 13.2. The Kier molecular flexibility index (Phi) is 5.43. The van der Waals surface area contributed by atoms with Gasteiger partial charge in [-0.25, -0.2) is 14.4 Å². The molecule has 132 valence electrons. The zero-order chi connectivity index (χ0) is 18.5. The van der Waals surface area contributed by atoms with Gasteiger partial charge >= 0.3 is 0 Å². The van der Waals surface area contributed by atoms with Crippen molar-refractivity contribution < 1.29 is 9.18 Å². The smallest absolute Gasteiger partial charge is 0.270 e. The highest BCUT2D eigenvalue weighted by molar-refractivity contribution is 6.31. The molecule has 0 unspecified atom stereocenters. The molecule has 5 nitrogen and oxygen atoms in total. The second kappa shape index (κ2) is 7.93. The molecule has 0 aliphatic heterocycles. The summed E-state index contributed by atoms with van der Waals surface area (Å²) in [6.07, 6.45) is 1.29. The number of nitrogens with zero attached hydrogens (tertiary/aromatic N) is 2. The van der Waals surface area contributed by atoms with Gasteiger partial charge in [0.1, 0.15) is 23.7 Å². The molecule has 3 rings (SSSR count). The molecule has 7 heteroatoms. The van der Waals surface area contributed by atoms with Crippen LogP contribution in [0, 0.1) is 12.7 Å². The molecular formula is C19H16ClFN4O. The van der Waals surface area contributed by atoms with Gasteiger partial charge in [0.15, 0.2) is 0 Å². The van der Waals surface area contributed by atoms with Crippen LogP contribution in [0.4, 0.5) is 15.9 Å². The largest absolute Gasteiger partial charge is 0.347 e. The number of aromatic nitrogens is 2. The Morgan fingerprint density at radius 3 is 2.62 bits per heavy atom. The molecule has 1 heterocycles. The van der Waals surface area contributed by atoms with Crippen LogP contribution in [0.25, 0.3) is 0 Å². The summed E-state index contributed by atoms with van der Waals surface area (Å²) in [6.45, 7) is 2.41. The predicted molar refractivity (Wildman–Crippen MR) is 99.1 cm³/mol. The van der Waals surface area contributed by atoms with Gasteiger partial charge in [-0.15, -0.1) is 0 Å². The summed E-state index contributed by atoms with van der Waals surface area (Å²) in [5.74, 6) is -0.410. The Labute approximate surface area is 155 Å². The van der Waals surface area contributed by atoms with E-state index in [1.165, 1.54) is 30.6 Å². The molecule has 0 saturated heterocycles. The second-order valence-electron chi connectivity index (χ2n) is 5.71. The Balaban J connectivity index is 1.66. The number of hydrogen-bond donors (Lipinski definition) is 2. The third-order valence-corrected chi connectivity index (χ3v) is 3.96. The fraction of sp³-hybridized carbons (Fsp3) is 0.105. The van der Waals surface area contributed by atoms with Crippen LogP contribution >= 0.6 is 11.6 Å². The van der Waals surface area contributed by atoms with E-state index in [0.29, 0.717) is 18.1 Å². The maximum atomic E-state index is 13.2. The molecule has 26 heavy (non-hydrogen) atoms. The van der Waals surface area contributed by atoms with Crippen LogP contribution in [0.5, 0.6) is 0 Å².